The number of rotatable bonds is 1. The van der Waals surface area contributed by atoms with Crippen molar-refractivity contribution in [2.24, 2.45) is 18.9 Å². The van der Waals surface area contributed by atoms with Crippen LogP contribution in [0.3, 0.4) is 0 Å². The maximum Gasteiger partial charge on any atom is 0.140 e. The van der Waals surface area contributed by atoms with E-state index in [9.17, 15) is 5.11 Å². The van der Waals surface area contributed by atoms with Crippen LogP contribution < -0.4 is 5.32 Å². The summed E-state index contributed by atoms with van der Waals surface area (Å²) in [5, 5.41) is 14.4. The summed E-state index contributed by atoms with van der Waals surface area (Å²) in [5.74, 6) is 1.80. The lowest BCUT2D eigenvalue weighted by molar-refractivity contribution is -0.0722. The number of nitrogens with one attached hydrogen (secondary N) is 1. The first-order valence-corrected chi connectivity index (χ1v) is 6.13. The highest BCUT2D eigenvalue weighted by atomic mass is 16.3. The Morgan fingerprint density at radius 1 is 1.56 bits per heavy atom. The maximum atomic E-state index is 11.0. The Morgan fingerprint density at radius 2 is 2.44 bits per heavy atom. The molecule has 1 aromatic rings. The second kappa shape index (κ2) is 3.57. The number of aliphatic hydroxyl groups is 1. The van der Waals surface area contributed by atoms with E-state index in [-0.39, 0.29) is 0 Å². The Labute approximate surface area is 95.7 Å². The monoisotopic (exact) mass is 221 g/mol. The first-order valence-electron chi connectivity index (χ1n) is 6.13. The molecule has 4 heteroatoms. The van der Waals surface area contributed by atoms with E-state index in [2.05, 4.69) is 10.3 Å². The van der Waals surface area contributed by atoms with Crippen LogP contribution in [0.5, 0.6) is 0 Å². The minimum Gasteiger partial charge on any atom is -0.382 e. The van der Waals surface area contributed by atoms with E-state index in [0.29, 0.717) is 11.8 Å². The highest BCUT2D eigenvalue weighted by Gasteiger charge is 2.49. The van der Waals surface area contributed by atoms with Crippen molar-refractivity contribution in [1.29, 1.82) is 0 Å². The lowest BCUT2D eigenvalue weighted by atomic mass is 9.70. The number of aromatic nitrogens is 2. The second-order valence-electron chi connectivity index (χ2n) is 5.20. The number of imidazole rings is 1. The van der Waals surface area contributed by atoms with Gasteiger partial charge in [0.2, 0.25) is 0 Å². The molecule has 2 N–H and O–H groups in total. The second-order valence-corrected chi connectivity index (χ2v) is 5.20. The van der Waals surface area contributed by atoms with Crippen LogP contribution in [0.25, 0.3) is 0 Å². The van der Waals surface area contributed by atoms with Gasteiger partial charge in [-0.1, -0.05) is 0 Å². The molecule has 2 fully saturated rings. The number of hydrogen-bond donors (Lipinski definition) is 2. The van der Waals surface area contributed by atoms with Crippen LogP contribution in [0.4, 0.5) is 0 Å². The third-order valence-electron chi connectivity index (χ3n) is 4.29. The molecule has 0 bridgehead atoms. The molecular formula is C12H19N3O. The first kappa shape index (κ1) is 10.3. The summed E-state index contributed by atoms with van der Waals surface area (Å²) in [5.41, 5.74) is -0.718. The quantitative estimate of drug-likeness (QED) is 0.731. The molecule has 4 nitrogen and oxygen atoms in total. The van der Waals surface area contributed by atoms with E-state index in [1.54, 1.807) is 6.20 Å². The van der Waals surface area contributed by atoms with Gasteiger partial charge in [-0.05, 0) is 31.7 Å². The normalized spacial score (nSPS) is 38.6. The van der Waals surface area contributed by atoms with Crippen molar-refractivity contribution < 1.29 is 5.11 Å². The Kier molecular flexibility index (Phi) is 2.30. The molecule has 0 radical (unpaired) electrons. The van der Waals surface area contributed by atoms with Gasteiger partial charge in [0.05, 0.1) is 0 Å². The van der Waals surface area contributed by atoms with Crippen LogP contribution in [0.1, 0.15) is 25.1 Å². The first-order chi connectivity index (χ1) is 7.72. The Balaban J connectivity index is 1.99. The van der Waals surface area contributed by atoms with Gasteiger partial charge in [-0.25, -0.2) is 4.98 Å². The molecule has 88 valence electrons. The minimum absolute atomic E-state index is 0.336. The molecule has 1 aliphatic heterocycles. The van der Waals surface area contributed by atoms with Crippen molar-refractivity contribution in [3.63, 3.8) is 0 Å². The maximum absolute atomic E-state index is 11.0. The van der Waals surface area contributed by atoms with Crippen LogP contribution in [0, 0.1) is 11.8 Å². The van der Waals surface area contributed by atoms with Gasteiger partial charge in [0.1, 0.15) is 11.4 Å². The van der Waals surface area contributed by atoms with Gasteiger partial charge in [0.25, 0.3) is 0 Å². The van der Waals surface area contributed by atoms with E-state index in [1.807, 2.05) is 17.8 Å². The highest BCUT2D eigenvalue weighted by Crippen LogP contribution is 2.45. The zero-order valence-electron chi connectivity index (χ0n) is 9.69. The standard InChI is InChI=1S/C12H19N3O/c1-15-6-5-14-11(15)12(16)4-2-3-9-7-13-8-10(9)12/h5-6,9-10,13,16H,2-4,7-8H2,1H3. The molecule has 1 aromatic heterocycles. The van der Waals surface area contributed by atoms with E-state index >= 15 is 0 Å². The lowest BCUT2D eigenvalue weighted by Crippen LogP contribution is -2.44. The van der Waals surface area contributed by atoms with Gasteiger partial charge >= 0.3 is 0 Å². The Bertz CT molecular complexity index is 389. The van der Waals surface area contributed by atoms with Gasteiger partial charge in [-0.15, -0.1) is 0 Å². The number of aryl methyl sites for hydroxylation is 1. The predicted octanol–water partition coefficient (Wildman–Crippen LogP) is 0.627. The van der Waals surface area contributed by atoms with Gasteiger partial charge in [0, 0.05) is 31.9 Å². The fraction of sp³-hybridized carbons (Fsp3) is 0.750. The van der Waals surface area contributed by atoms with Crippen molar-refractivity contribution in [2.75, 3.05) is 13.1 Å². The van der Waals surface area contributed by atoms with Gasteiger partial charge in [-0.3, -0.25) is 0 Å². The third kappa shape index (κ3) is 1.33. The minimum atomic E-state index is -0.718. The van der Waals surface area contributed by atoms with E-state index in [1.165, 1.54) is 6.42 Å². The Hall–Kier alpha value is -0.870. The summed E-state index contributed by atoms with van der Waals surface area (Å²) in [6.07, 6.45) is 6.88. The van der Waals surface area contributed by atoms with Crippen molar-refractivity contribution in [3.05, 3.63) is 18.2 Å². The molecule has 0 aromatic carbocycles. The van der Waals surface area contributed by atoms with Crippen LogP contribution in [-0.4, -0.2) is 27.7 Å². The van der Waals surface area contributed by atoms with Crippen molar-refractivity contribution in [3.8, 4) is 0 Å². The summed E-state index contributed by atoms with van der Waals surface area (Å²) in [6.45, 7) is 1.98. The molecule has 3 rings (SSSR count). The topological polar surface area (TPSA) is 50.1 Å². The molecule has 1 saturated carbocycles. The summed E-state index contributed by atoms with van der Waals surface area (Å²) in [7, 11) is 1.96. The van der Waals surface area contributed by atoms with E-state index in [4.69, 9.17) is 0 Å². The summed E-state index contributed by atoms with van der Waals surface area (Å²) in [4.78, 5) is 4.36. The zero-order chi connectivity index (χ0) is 11.2. The number of fused-ring (bicyclic) bond motifs is 1. The van der Waals surface area contributed by atoms with Crippen molar-refractivity contribution >= 4 is 0 Å². The molecule has 1 saturated heterocycles. The van der Waals surface area contributed by atoms with Crippen LogP contribution in [0.15, 0.2) is 12.4 Å². The van der Waals surface area contributed by atoms with Crippen LogP contribution in [0.2, 0.25) is 0 Å². The fourth-order valence-corrected chi connectivity index (χ4v) is 3.47. The average Bonchev–Trinajstić information content (AvgIpc) is 2.86. The molecule has 3 atom stereocenters. The van der Waals surface area contributed by atoms with Gasteiger partial charge in [0.15, 0.2) is 0 Å². The molecular weight excluding hydrogens is 202 g/mol. The predicted molar refractivity (Wildman–Crippen MR) is 60.8 cm³/mol. The zero-order valence-corrected chi connectivity index (χ0v) is 9.69. The largest absolute Gasteiger partial charge is 0.382 e. The Morgan fingerprint density at radius 3 is 3.19 bits per heavy atom. The number of nitrogens with zero attached hydrogens (tertiary/aromatic N) is 2. The average molecular weight is 221 g/mol. The molecule has 0 amide bonds. The van der Waals surface area contributed by atoms with Crippen molar-refractivity contribution in [1.82, 2.24) is 14.9 Å². The third-order valence-corrected chi connectivity index (χ3v) is 4.29. The van der Waals surface area contributed by atoms with E-state index < -0.39 is 5.60 Å². The SMILES string of the molecule is Cn1ccnc1C1(O)CCCC2CNCC21. The smallest absolute Gasteiger partial charge is 0.140 e. The highest BCUT2D eigenvalue weighted by molar-refractivity contribution is 5.12. The fourth-order valence-electron chi connectivity index (χ4n) is 3.47. The van der Waals surface area contributed by atoms with Crippen molar-refractivity contribution in [2.45, 2.75) is 24.9 Å². The molecule has 3 unspecified atom stereocenters. The van der Waals surface area contributed by atoms with Gasteiger partial charge < -0.3 is 15.0 Å². The van der Waals surface area contributed by atoms with Crippen LogP contribution >= 0.6 is 0 Å². The lowest BCUT2D eigenvalue weighted by Gasteiger charge is -2.40. The van der Waals surface area contributed by atoms with E-state index in [0.717, 1.165) is 31.8 Å². The summed E-state index contributed by atoms with van der Waals surface area (Å²) >= 11 is 0. The molecule has 0 spiro atoms. The number of hydrogen-bond acceptors (Lipinski definition) is 3. The molecule has 2 aliphatic rings. The summed E-state index contributed by atoms with van der Waals surface area (Å²) < 4.78 is 1.96. The molecule has 2 heterocycles. The molecule has 1 aliphatic carbocycles. The molecule has 16 heavy (non-hydrogen) atoms. The summed E-state index contributed by atoms with van der Waals surface area (Å²) in [6, 6.07) is 0. The van der Waals surface area contributed by atoms with Crippen LogP contribution in [-0.2, 0) is 12.6 Å². The van der Waals surface area contributed by atoms with Gasteiger partial charge in [-0.2, -0.15) is 0 Å².